The molecule has 0 aromatic carbocycles. The Kier molecular flexibility index (Phi) is 50.1. The maximum absolute atomic E-state index is 11.8. The molecule has 0 saturated carbocycles. The van der Waals surface area contributed by atoms with Gasteiger partial charge in [-0.15, -0.1) is 0 Å². The van der Waals surface area contributed by atoms with Gasteiger partial charge in [0.05, 0.1) is 5.92 Å². The van der Waals surface area contributed by atoms with Crippen LogP contribution >= 0.6 is 0 Å². The molecule has 0 radical (unpaired) electrons. The van der Waals surface area contributed by atoms with Crippen molar-refractivity contribution in [2.45, 2.75) is 335 Å². The Morgan fingerprint density at radius 2 is 0.375 bits per heavy atom. The molecule has 0 amide bonds. The molecule has 336 valence electrons. The highest BCUT2D eigenvalue weighted by Gasteiger charge is 2.16. The van der Waals surface area contributed by atoms with Crippen molar-refractivity contribution in [3.63, 3.8) is 0 Å². The van der Waals surface area contributed by atoms with Crippen LogP contribution in [-0.4, -0.2) is 11.1 Å². The molecule has 0 fully saturated rings. The summed E-state index contributed by atoms with van der Waals surface area (Å²) in [6.07, 6.45) is 69.5. The fourth-order valence-electron chi connectivity index (χ4n) is 9.10. The molecule has 0 spiro atoms. The van der Waals surface area contributed by atoms with Gasteiger partial charge in [0.1, 0.15) is 0 Å². The van der Waals surface area contributed by atoms with Crippen LogP contribution in [0.2, 0.25) is 0 Å². The highest BCUT2D eigenvalue weighted by Crippen LogP contribution is 2.21. The smallest absolute Gasteiger partial charge is 0.306 e. The molecule has 0 heterocycles. The number of carboxylic acid groups (broad SMARTS) is 1. The van der Waals surface area contributed by atoms with Crippen LogP contribution in [0.5, 0.6) is 0 Å². The molecule has 0 bridgehead atoms. The van der Waals surface area contributed by atoms with Crippen LogP contribution in [0.25, 0.3) is 0 Å². The molecule has 2 nitrogen and oxygen atoms in total. The van der Waals surface area contributed by atoms with Crippen LogP contribution in [-0.2, 0) is 4.79 Å². The summed E-state index contributed by atoms with van der Waals surface area (Å²) in [7, 11) is 0. The predicted molar refractivity (Wildman–Crippen MR) is 253 cm³/mol. The Hall–Kier alpha value is -0.530. The highest BCUT2D eigenvalue weighted by atomic mass is 16.4. The van der Waals surface area contributed by atoms with Crippen molar-refractivity contribution in [3.8, 4) is 0 Å². The van der Waals surface area contributed by atoms with Gasteiger partial charge >= 0.3 is 5.97 Å². The van der Waals surface area contributed by atoms with E-state index in [0.717, 1.165) is 25.7 Å². The van der Waals surface area contributed by atoms with E-state index in [2.05, 4.69) is 13.8 Å². The minimum absolute atomic E-state index is 0.102. The number of carboxylic acids is 1. The van der Waals surface area contributed by atoms with Gasteiger partial charge in [0.15, 0.2) is 0 Å². The molecule has 0 aromatic heterocycles. The standard InChI is InChI=1S/C54H108O2/c1-3-5-7-9-11-13-15-17-19-21-23-25-27-29-31-33-35-37-39-41-43-45-47-49-51-53(54(55)56)52-50-48-46-44-42-40-38-36-34-32-30-28-26-24-22-20-18-16-14-12-10-8-6-4-2/h53H,3-52H2,1-2H3,(H,55,56). The van der Waals surface area contributed by atoms with Gasteiger partial charge in [-0.05, 0) is 12.8 Å². The second kappa shape index (κ2) is 50.6. The highest BCUT2D eigenvalue weighted by molar-refractivity contribution is 5.69. The predicted octanol–water partition coefficient (Wildman–Crippen LogP) is 20.2. The van der Waals surface area contributed by atoms with Crippen LogP contribution in [0.15, 0.2) is 0 Å². The summed E-state index contributed by atoms with van der Waals surface area (Å²) in [6, 6.07) is 0. The minimum Gasteiger partial charge on any atom is -0.481 e. The largest absolute Gasteiger partial charge is 0.481 e. The summed E-state index contributed by atoms with van der Waals surface area (Å²) in [6.45, 7) is 4.61. The van der Waals surface area contributed by atoms with Crippen molar-refractivity contribution in [1.82, 2.24) is 0 Å². The molecule has 2 heteroatoms. The summed E-state index contributed by atoms with van der Waals surface area (Å²) in [4.78, 5) is 11.8. The van der Waals surface area contributed by atoms with Crippen molar-refractivity contribution >= 4 is 5.97 Å². The van der Waals surface area contributed by atoms with Gasteiger partial charge in [0.25, 0.3) is 0 Å². The van der Waals surface area contributed by atoms with E-state index in [0.29, 0.717) is 0 Å². The lowest BCUT2D eigenvalue weighted by atomic mass is 9.94. The lowest BCUT2D eigenvalue weighted by Crippen LogP contribution is -2.13. The summed E-state index contributed by atoms with van der Waals surface area (Å²) >= 11 is 0. The third-order valence-electron chi connectivity index (χ3n) is 13.2. The third-order valence-corrected chi connectivity index (χ3v) is 13.2. The normalized spacial score (nSPS) is 11.7. The van der Waals surface area contributed by atoms with E-state index >= 15 is 0 Å². The summed E-state index contributed by atoms with van der Waals surface area (Å²) in [5.74, 6) is -0.650. The van der Waals surface area contributed by atoms with E-state index in [1.54, 1.807) is 0 Å². The summed E-state index contributed by atoms with van der Waals surface area (Å²) < 4.78 is 0. The van der Waals surface area contributed by atoms with E-state index in [1.165, 1.54) is 295 Å². The monoisotopic (exact) mass is 789 g/mol. The molecule has 0 aliphatic heterocycles. The van der Waals surface area contributed by atoms with Gasteiger partial charge < -0.3 is 5.11 Å². The second-order valence-electron chi connectivity index (χ2n) is 18.9. The van der Waals surface area contributed by atoms with Gasteiger partial charge in [-0.25, -0.2) is 0 Å². The van der Waals surface area contributed by atoms with Crippen molar-refractivity contribution < 1.29 is 9.90 Å². The maximum Gasteiger partial charge on any atom is 0.306 e. The molecule has 56 heavy (non-hydrogen) atoms. The Balaban J connectivity index is 3.31. The first-order valence-electron chi connectivity index (χ1n) is 26.9. The Bertz CT molecular complexity index is 651. The molecule has 0 saturated heterocycles. The van der Waals surface area contributed by atoms with Gasteiger partial charge in [-0.3, -0.25) is 4.79 Å². The Labute approximate surface area is 355 Å². The zero-order chi connectivity index (χ0) is 40.5. The van der Waals surface area contributed by atoms with E-state index in [1.807, 2.05) is 0 Å². The molecule has 0 aliphatic carbocycles. The van der Waals surface area contributed by atoms with E-state index in [-0.39, 0.29) is 5.92 Å². The lowest BCUT2D eigenvalue weighted by molar-refractivity contribution is -0.142. The first-order chi connectivity index (χ1) is 27.7. The Morgan fingerprint density at radius 3 is 0.500 bits per heavy atom. The van der Waals surface area contributed by atoms with E-state index < -0.39 is 5.97 Å². The van der Waals surface area contributed by atoms with Crippen LogP contribution in [0.1, 0.15) is 335 Å². The van der Waals surface area contributed by atoms with E-state index in [4.69, 9.17) is 0 Å². The zero-order valence-electron chi connectivity index (χ0n) is 39.3. The number of hydrogen-bond acceptors (Lipinski definition) is 1. The molecular formula is C54H108O2. The zero-order valence-corrected chi connectivity index (χ0v) is 39.3. The van der Waals surface area contributed by atoms with Crippen molar-refractivity contribution in [2.24, 2.45) is 5.92 Å². The summed E-state index contributed by atoms with van der Waals surface area (Å²) in [5, 5.41) is 9.74. The molecule has 0 unspecified atom stereocenters. The molecule has 0 rings (SSSR count). The van der Waals surface area contributed by atoms with Crippen molar-refractivity contribution in [1.29, 1.82) is 0 Å². The first kappa shape index (κ1) is 55.5. The quantitative estimate of drug-likeness (QED) is 0.0623. The van der Waals surface area contributed by atoms with Crippen LogP contribution in [0.4, 0.5) is 0 Å². The average molecular weight is 789 g/mol. The Morgan fingerprint density at radius 1 is 0.250 bits per heavy atom. The molecular weight excluding hydrogens is 681 g/mol. The molecule has 0 aromatic rings. The average Bonchev–Trinajstić information content (AvgIpc) is 3.20. The van der Waals surface area contributed by atoms with Gasteiger partial charge in [0, 0.05) is 0 Å². The fourth-order valence-corrected chi connectivity index (χ4v) is 9.10. The van der Waals surface area contributed by atoms with E-state index in [9.17, 15) is 9.90 Å². The van der Waals surface area contributed by atoms with Gasteiger partial charge in [-0.2, -0.15) is 0 Å². The topological polar surface area (TPSA) is 37.3 Å². The fraction of sp³-hybridized carbons (Fsp3) is 0.981. The molecule has 0 aliphatic rings. The number of rotatable bonds is 51. The number of hydrogen-bond donors (Lipinski definition) is 1. The van der Waals surface area contributed by atoms with Gasteiger partial charge in [-0.1, -0.05) is 322 Å². The first-order valence-corrected chi connectivity index (χ1v) is 26.9. The number of aliphatic carboxylic acids is 1. The SMILES string of the molecule is CCCCCCCCCCCCCCCCCCCCCCCCCCC(CCCCCCCCCCCCCCCCCCCCCCCCCC)C(=O)O. The third kappa shape index (κ3) is 47.8. The lowest BCUT2D eigenvalue weighted by Gasteiger charge is -2.12. The minimum atomic E-state index is -0.548. The second-order valence-corrected chi connectivity index (χ2v) is 18.9. The maximum atomic E-state index is 11.8. The van der Waals surface area contributed by atoms with Crippen molar-refractivity contribution in [2.75, 3.05) is 0 Å². The van der Waals surface area contributed by atoms with Gasteiger partial charge in [0.2, 0.25) is 0 Å². The van der Waals surface area contributed by atoms with Crippen LogP contribution in [0.3, 0.4) is 0 Å². The molecule has 1 N–H and O–H groups in total. The van der Waals surface area contributed by atoms with Crippen LogP contribution < -0.4 is 0 Å². The van der Waals surface area contributed by atoms with Crippen molar-refractivity contribution in [3.05, 3.63) is 0 Å². The number of carbonyl (C=O) groups is 1. The summed E-state index contributed by atoms with van der Waals surface area (Å²) in [5.41, 5.74) is 0. The number of unbranched alkanes of at least 4 members (excludes halogenated alkanes) is 46. The van der Waals surface area contributed by atoms with Crippen LogP contribution in [0, 0.1) is 5.92 Å². The molecule has 0 atom stereocenters.